The van der Waals surface area contributed by atoms with Crippen LogP contribution in [0.15, 0.2) is 41.7 Å². The summed E-state index contributed by atoms with van der Waals surface area (Å²) < 4.78 is 5.60. The predicted molar refractivity (Wildman–Crippen MR) is 80.2 cm³/mol. The van der Waals surface area contributed by atoms with E-state index in [-0.39, 0.29) is 17.5 Å². The van der Waals surface area contributed by atoms with Crippen LogP contribution in [0.3, 0.4) is 0 Å². The lowest BCUT2D eigenvalue weighted by molar-refractivity contribution is -0.131. The molecule has 5 heteroatoms. The van der Waals surface area contributed by atoms with Crippen LogP contribution < -0.4 is 0 Å². The standard InChI is InChI=1S/C17H19NO4/c1-11(19)14-15(12-6-3-2-4-7-12)18(17(21)16(14)20)10-13-8-5-9-22-13/h2-4,6-7,13,15,20H,5,8-10H2,1H3/t13-,15-/m0/s1. The smallest absolute Gasteiger partial charge is 0.290 e. The predicted octanol–water partition coefficient (Wildman–Crippen LogP) is 2.15. The van der Waals surface area contributed by atoms with Gasteiger partial charge >= 0.3 is 0 Å². The lowest BCUT2D eigenvalue weighted by atomic mass is 9.96. The number of nitrogens with zero attached hydrogens (tertiary/aromatic N) is 1. The van der Waals surface area contributed by atoms with Crippen LogP contribution in [-0.4, -0.2) is 41.0 Å². The third-order valence-corrected chi connectivity index (χ3v) is 4.22. The molecule has 1 N–H and O–H groups in total. The van der Waals surface area contributed by atoms with Crippen molar-refractivity contribution in [2.45, 2.75) is 31.9 Å². The van der Waals surface area contributed by atoms with Gasteiger partial charge in [-0.2, -0.15) is 0 Å². The van der Waals surface area contributed by atoms with Crippen LogP contribution in [0.1, 0.15) is 31.4 Å². The van der Waals surface area contributed by atoms with Crippen LogP contribution in [0.2, 0.25) is 0 Å². The molecule has 2 aliphatic rings. The van der Waals surface area contributed by atoms with E-state index >= 15 is 0 Å². The molecule has 0 bridgehead atoms. The highest BCUT2D eigenvalue weighted by atomic mass is 16.5. The van der Waals surface area contributed by atoms with Gasteiger partial charge in [0.15, 0.2) is 11.5 Å². The van der Waals surface area contributed by atoms with Crippen LogP contribution >= 0.6 is 0 Å². The van der Waals surface area contributed by atoms with Crippen molar-refractivity contribution in [3.63, 3.8) is 0 Å². The molecule has 0 aromatic heterocycles. The largest absolute Gasteiger partial charge is 0.503 e. The Labute approximate surface area is 129 Å². The first-order chi connectivity index (χ1) is 10.6. The molecule has 1 aromatic rings. The molecule has 2 heterocycles. The van der Waals surface area contributed by atoms with E-state index in [2.05, 4.69) is 0 Å². The Bertz CT molecular complexity index is 617. The van der Waals surface area contributed by atoms with Crippen molar-refractivity contribution in [2.24, 2.45) is 0 Å². The fraction of sp³-hybridized carbons (Fsp3) is 0.412. The van der Waals surface area contributed by atoms with E-state index in [4.69, 9.17) is 4.74 Å². The molecular weight excluding hydrogens is 282 g/mol. The van der Waals surface area contributed by atoms with E-state index in [9.17, 15) is 14.7 Å². The summed E-state index contributed by atoms with van der Waals surface area (Å²) in [6.45, 7) is 2.46. The Hall–Kier alpha value is -2.14. The van der Waals surface area contributed by atoms with Gasteiger partial charge < -0.3 is 14.7 Å². The highest BCUT2D eigenvalue weighted by Gasteiger charge is 2.43. The fourth-order valence-electron chi connectivity index (χ4n) is 3.19. The number of rotatable bonds is 4. The van der Waals surface area contributed by atoms with Crippen LogP contribution in [0.4, 0.5) is 0 Å². The SMILES string of the molecule is CC(=O)C1=C(O)C(=O)N(C[C@@H]2CCCO2)[C@H]1c1ccccc1. The summed E-state index contributed by atoms with van der Waals surface area (Å²) in [7, 11) is 0. The molecule has 0 unspecified atom stereocenters. The molecule has 0 aliphatic carbocycles. The van der Waals surface area contributed by atoms with E-state index < -0.39 is 17.7 Å². The number of hydrogen-bond donors (Lipinski definition) is 1. The zero-order chi connectivity index (χ0) is 15.7. The lowest BCUT2D eigenvalue weighted by Gasteiger charge is -2.28. The molecule has 2 aliphatic heterocycles. The maximum absolute atomic E-state index is 12.4. The average Bonchev–Trinajstić information content (AvgIpc) is 3.10. The van der Waals surface area contributed by atoms with Crippen LogP contribution in [-0.2, 0) is 14.3 Å². The number of aliphatic hydroxyl groups is 1. The van der Waals surface area contributed by atoms with E-state index in [1.165, 1.54) is 6.92 Å². The highest BCUT2D eigenvalue weighted by molar-refractivity contribution is 6.08. The zero-order valence-corrected chi connectivity index (χ0v) is 12.5. The molecular formula is C17H19NO4. The molecule has 0 saturated carbocycles. The van der Waals surface area contributed by atoms with Crippen molar-refractivity contribution >= 4 is 11.7 Å². The Morgan fingerprint density at radius 3 is 2.68 bits per heavy atom. The zero-order valence-electron chi connectivity index (χ0n) is 12.5. The van der Waals surface area contributed by atoms with Crippen molar-refractivity contribution in [3.8, 4) is 0 Å². The Kier molecular flexibility index (Phi) is 3.98. The first-order valence-electron chi connectivity index (χ1n) is 7.51. The van der Waals surface area contributed by atoms with Gasteiger partial charge in [0, 0.05) is 13.2 Å². The number of carbonyl (C=O) groups is 2. The molecule has 0 spiro atoms. The molecule has 1 fully saturated rings. The monoisotopic (exact) mass is 301 g/mol. The average molecular weight is 301 g/mol. The Balaban J connectivity index is 1.97. The second kappa shape index (κ2) is 5.93. The first kappa shape index (κ1) is 14.8. The second-order valence-corrected chi connectivity index (χ2v) is 5.72. The number of aliphatic hydroxyl groups excluding tert-OH is 1. The summed E-state index contributed by atoms with van der Waals surface area (Å²) in [6, 6.07) is 8.79. The maximum Gasteiger partial charge on any atom is 0.290 e. The molecule has 5 nitrogen and oxygen atoms in total. The van der Waals surface area contributed by atoms with Gasteiger partial charge in [-0.3, -0.25) is 9.59 Å². The van der Waals surface area contributed by atoms with E-state index in [0.717, 1.165) is 18.4 Å². The summed E-state index contributed by atoms with van der Waals surface area (Å²) >= 11 is 0. The molecule has 1 saturated heterocycles. The lowest BCUT2D eigenvalue weighted by Crippen LogP contribution is -2.37. The number of hydrogen-bond acceptors (Lipinski definition) is 4. The number of ether oxygens (including phenoxy) is 1. The summed E-state index contributed by atoms with van der Waals surface area (Å²) in [5, 5.41) is 10.1. The minimum Gasteiger partial charge on any atom is -0.503 e. The molecule has 2 atom stereocenters. The Morgan fingerprint density at radius 1 is 1.36 bits per heavy atom. The summed E-state index contributed by atoms with van der Waals surface area (Å²) in [5.74, 6) is -1.21. The molecule has 0 radical (unpaired) electrons. The van der Waals surface area contributed by atoms with Gasteiger partial charge in [0.25, 0.3) is 5.91 Å². The summed E-state index contributed by atoms with van der Waals surface area (Å²) in [6.07, 6.45) is 1.83. The summed E-state index contributed by atoms with van der Waals surface area (Å²) in [5.41, 5.74) is 0.997. The number of amides is 1. The highest BCUT2D eigenvalue weighted by Crippen LogP contribution is 2.38. The van der Waals surface area contributed by atoms with E-state index in [1.807, 2.05) is 30.3 Å². The quantitative estimate of drug-likeness (QED) is 0.925. The molecule has 3 rings (SSSR count). The van der Waals surface area contributed by atoms with Crippen molar-refractivity contribution in [1.29, 1.82) is 0 Å². The van der Waals surface area contributed by atoms with Crippen LogP contribution in [0.25, 0.3) is 0 Å². The first-order valence-corrected chi connectivity index (χ1v) is 7.51. The number of Topliss-reactive ketones (excluding diaryl/α,β-unsaturated/α-hetero) is 1. The number of ketones is 1. The Morgan fingerprint density at radius 2 is 2.09 bits per heavy atom. The third-order valence-electron chi connectivity index (χ3n) is 4.22. The maximum atomic E-state index is 12.4. The topological polar surface area (TPSA) is 66.8 Å². The van der Waals surface area contributed by atoms with Gasteiger partial charge in [-0.25, -0.2) is 0 Å². The third kappa shape index (κ3) is 2.52. The van der Waals surface area contributed by atoms with Crippen molar-refractivity contribution in [3.05, 3.63) is 47.2 Å². The second-order valence-electron chi connectivity index (χ2n) is 5.72. The van der Waals surface area contributed by atoms with Crippen molar-refractivity contribution in [1.82, 2.24) is 4.90 Å². The van der Waals surface area contributed by atoms with Gasteiger partial charge in [0.2, 0.25) is 0 Å². The molecule has 1 amide bonds. The van der Waals surface area contributed by atoms with Crippen LogP contribution in [0, 0.1) is 0 Å². The minimum absolute atomic E-state index is 0.0331. The van der Waals surface area contributed by atoms with Gasteiger partial charge in [-0.15, -0.1) is 0 Å². The van der Waals surface area contributed by atoms with Crippen LogP contribution in [0.5, 0.6) is 0 Å². The van der Waals surface area contributed by atoms with Crippen molar-refractivity contribution < 1.29 is 19.4 Å². The molecule has 116 valence electrons. The normalized spacial score (nSPS) is 25.1. The summed E-state index contributed by atoms with van der Waals surface area (Å²) in [4.78, 5) is 25.9. The minimum atomic E-state index is -0.532. The van der Waals surface area contributed by atoms with E-state index in [0.29, 0.717) is 13.2 Å². The van der Waals surface area contributed by atoms with Gasteiger partial charge in [-0.05, 0) is 25.3 Å². The van der Waals surface area contributed by atoms with Gasteiger partial charge in [0.05, 0.1) is 17.7 Å². The number of carbonyl (C=O) groups excluding carboxylic acids is 2. The molecule has 1 aromatic carbocycles. The van der Waals surface area contributed by atoms with Gasteiger partial charge in [0.1, 0.15) is 0 Å². The van der Waals surface area contributed by atoms with Gasteiger partial charge in [-0.1, -0.05) is 30.3 Å². The van der Waals surface area contributed by atoms with Crippen molar-refractivity contribution in [2.75, 3.05) is 13.2 Å². The number of benzene rings is 1. The fourth-order valence-corrected chi connectivity index (χ4v) is 3.19. The van der Waals surface area contributed by atoms with E-state index in [1.54, 1.807) is 4.90 Å². The molecule has 22 heavy (non-hydrogen) atoms.